The van der Waals surface area contributed by atoms with Gasteiger partial charge in [-0.3, -0.25) is 4.79 Å². The van der Waals surface area contributed by atoms with E-state index >= 15 is 0 Å². The fourth-order valence-corrected chi connectivity index (χ4v) is 4.21. The molecule has 0 radical (unpaired) electrons. The number of aromatic nitrogens is 1. The van der Waals surface area contributed by atoms with Crippen molar-refractivity contribution in [3.8, 4) is 0 Å². The number of thioether (sulfide) groups is 1. The Morgan fingerprint density at radius 3 is 2.90 bits per heavy atom. The van der Waals surface area contributed by atoms with Crippen molar-refractivity contribution in [2.75, 3.05) is 11.1 Å². The summed E-state index contributed by atoms with van der Waals surface area (Å²) in [6, 6.07) is 15.8. The number of benzene rings is 2. The number of carbonyl (C=O) groups excluding carboxylic acids is 1. The molecule has 0 aliphatic heterocycles. The van der Waals surface area contributed by atoms with Crippen LogP contribution in [0.5, 0.6) is 0 Å². The van der Waals surface area contributed by atoms with Crippen molar-refractivity contribution in [3.05, 3.63) is 52.1 Å². The van der Waals surface area contributed by atoms with E-state index in [-0.39, 0.29) is 5.91 Å². The fourth-order valence-electron chi connectivity index (χ4n) is 1.80. The second kappa shape index (κ2) is 6.76. The number of fused-ring (bicyclic) bond motifs is 1. The van der Waals surface area contributed by atoms with Gasteiger partial charge in [-0.05, 0) is 52.9 Å². The number of carbonyl (C=O) groups is 1. The molecule has 0 spiro atoms. The van der Waals surface area contributed by atoms with Gasteiger partial charge in [-0.1, -0.05) is 30.0 Å². The minimum atomic E-state index is -0.0127. The van der Waals surface area contributed by atoms with Crippen LogP contribution in [0.1, 0.15) is 0 Å². The van der Waals surface area contributed by atoms with Crippen LogP contribution in [0.2, 0.25) is 0 Å². The predicted molar refractivity (Wildman–Crippen MR) is 98.1 cm³/mol. The van der Waals surface area contributed by atoms with Gasteiger partial charge in [0.1, 0.15) is 0 Å². The zero-order valence-electron chi connectivity index (χ0n) is 10.9. The number of nitrogens with zero attached hydrogens (tertiary/aromatic N) is 1. The van der Waals surface area contributed by atoms with Crippen LogP contribution in [-0.4, -0.2) is 16.6 Å². The van der Waals surface area contributed by atoms with Crippen LogP contribution in [0.15, 0.2) is 52.9 Å². The molecule has 0 saturated carbocycles. The number of thiazole rings is 1. The third-order valence-corrected chi connectivity index (χ3v) is 5.56. The molecular formula is C15H11IN2OS2. The van der Waals surface area contributed by atoms with Crippen LogP contribution in [-0.2, 0) is 4.79 Å². The molecule has 0 unspecified atom stereocenters. The van der Waals surface area contributed by atoms with Gasteiger partial charge in [0.25, 0.3) is 0 Å². The average molecular weight is 426 g/mol. The van der Waals surface area contributed by atoms with Gasteiger partial charge in [0.15, 0.2) is 4.34 Å². The third-order valence-electron chi connectivity index (χ3n) is 2.71. The van der Waals surface area contributed by atoms with E-state index < -0.39 is 0 Å². The highest BCUT2D eigenvalue weighted by Gasteiger charge is 2.08. The molecule has 3 aromatic rings. The second-order valence-corrected chi connectivity index (χ2v) is 7.79. The molecule has 0 aliphatic rings. The lowest BCUT2D eigenvalue weighted by molar-refractivity contribution is -0.113. The lowest BCUT2D eigenvalue weighted by atomic mass is 10.3. The van der Waals surface area contributed by atoms with Gasteiger partial charge >= 0.3 is 0 Å². The van der Waals surface area contributed by atoms with E-state index in [0.29, 0.717) is 5.75 Å². The van der Waals surface area contributed by atoms with Crippen LogP contribution >= 0.6 is 45.7 Å². The predicted octanol–water partition coefficient (Wildman–Crippen LogP) is 4.63. The van der Waals surface area contributed by atoms with Crippen LogP contribution in [0.4, 0.5) is 5.69 Å². The first-order chi connectivity index (χ1) is 10.2. The standard InChI is InChI=1S/C15H11IN2OS2/c16-10-4-3-5-11(8-10)17-14(19)9-20-15-18-12-6-1-2-7-13(12)21-15/h1-8H,9H2,(H,17,19). The quantitative estimate of drug-likeness (QED) is 0.489. The van der Waals surface area contributed by atoms with Crippen LogP contribution in [0.3, 0.4) is 0 Å². The Balaban J connectivity index is 1.60. The van der Waals surface area contributed by atoms with Crippen molar-refractivity contribution in [3.63, 3.8) is 0 Å². The van der Waals surface area contributed by atoms with E-state index in [9.17, 15) is 4.79 Å². The third kappa shape index (κ3) is 3.96. The lowest BCUT2D eigenvalue weighted by Gasteiger charge is -2.04. The highest BCUT2D eigenvalue weighted by Crippen LogP contribution is 2.29. The van der Waals surface area contributed by atoms with Gasteiger partial charge in [0.2, 0.25) is 5.91 Å². The summed E-state index contributed by atoms with van der Waals surface area (Å²) in [7, 11) is 0. The van der Waals surface area contributed by atoms with Gasteiger partial charge in [-0.2, -0.15) is 0 Å². The zero-order chi connectivity index (χ0) is 14.7. The summed E-state index contributed by atoms with van der Waals surface area (Å²) < 4.78 is 3.18. The van der Waals surface area contributed by atoms with E-state index in [1.165, 1.54) is 11.8 Å². The van der Waals surface area contributed by atoms with E-state index in [1.807, 2.05) is 48.5 Å². The Kier molecular flexibility index (Phi) is 4.77. The monoisotopic (exact) mass is 426 g/mol. The van der Waals surface area contributed by atoms with Gasteiger partial charge < -0.3 is 5.32 Å². The summed E-state index contributed by atoms with van der Waals surface area (Å²) in [6.07, 6.45) is 0. The molecule has 1 aromatic heterocycles. The van der Waals surface area contributed by atoms with E-state index in [1.54, 1.807) is 11.3 Å². The zero-order valence-corrected chi connectivity index (χ0v) is 14.7. The van der Waals surface area contributed by atoms with Gasteiger partial charge in [-0.15, -0.1) is 11.3 Å². The van der Waals surface area contributed by atoms with E-state index in [4.69, 9.17) is 0 Å². The Hall–Kier alpha value is -1.12. The molecule has 1 heterocycles. The second-order valence-electron chi connectivity index (χ2n) is 4.29. The molecule has 1 N–H and O–H groups in total. The Labute approximate surface area is 144 Å². The Morgan fingerprint density at radius 2 is 2.10 bits per heavy atom. The SMILES string of the molecule is O=C(CSc1nc2ccccc2s1)Nc1cccc(I)c1. The van der Waals surface area contributed by atoms with E-state index in [2.05, 4.69) is 32.9 Å². The molecule has 0 aliphatic carbocycles. The van der Waals surface area contributed by atoms with Crippen molar-refractivity contribution in [2.45, 2.75) is 4.34 Å². The number of halogens is 1. The smallest absolute Gasteiger partial charge is 0.234 e. The maximum Gasteiger partial charge on any atom is 0.234 e. The molecule has 0 fully saturated rings. The number of anilines is 1. The van der Waals surface area contributed by atoms with Crippen molar-refractivity contribution < 1.29 is 4.79 Å². The summed E-state index contributed by atoms with van der Waals surface area (Å²) in [5, 5.41) is 2.90. The van der Waals surface area contributed by atoms with Crippen molar-refractivity contribution in [2.24, 2.45) is 0 Å². The normalized spacial score (nSPS) is 10.7. The molecule has 21 heavy (non-hydrogen) atoms. The van der Waals surface area contributed by atoms with E-state index in [0.717, 1.165) is 23.8 Å². The number of rotatable bonds is 4. The average Bonchev–Trinajstić information content (AvgIpc) is 2.88. The van der Waals surface area contributed by atoms with Crippen LogP contribution < -0.4 is 5.32 Å². The highest BCUT2D eigenvalue weighted by atomic mass is 127. The Bertz CT molecular complexity index is 755. The van der Waals surface area contributed by atoms with Gasteiger partial charge in [0.05, 0.1) is 16.0 Å². The van der Waals surface area contributed by atoms with Crippen molar-refractivity contribution >= 4 is 67.5 Å². The lowest BCUT2D eigenvalue weighted by Crippen LogP contribution is -2.13. The largest absolute Gasteiger partial charge is 0.325 e. The highest BCUT2D eigenvalue weighted by molar-refractivity contribution is 14.1. The summed E-state index contributed by atoms with van der Waals surface area (Å²) in [4.78, 5) is 16.5. The number of nitrogens with one attached hydrogen (secondary N) is 1. The molecular weight excluding hydrogens is 415 g/mol. The topological polar surface area (TPSA) is 42.0 Å². The number of hydrogen-bond donors (Lipinski definition) is 1. The Morgan fingerprint density at radius 1 is 1.24 bits per heavy atom. The molecule has 0 bridgehead atoms. The molecule has 3 nitrogen and oxygen atoms in total. The number of amides is 1. The summed E-state index contributed by atoms with van der Waals surface area (Å²) in [6.45, 7) is 0. The molecule has 0 saturated heterocycles. The van der Waals surface area contributed by atoms with Gasteiger partial charge in [-0.25, -0.2) is 4.98 Å². The maximum atomic E-state index is 12.0. The summed E-state index contributed by atoms with van der Waals surface area (Å²) in [5.41, 5.74) is 1.82. The minimum Gasteiger partial charge on any atom is -0.325 e. The molecule has 6 heteroatoms. The molecule has 1 amide bonds. The molecule has 0 atom stereocenters. The van der Waals surface area contributed by atoms with Gasteiger partial charge in [0, 0.05) is 9.26 Å². The first-order valence-electron chi connectivity index (χ1n) is 6.24. The summed E-state index contributed by atoms with van der Waals surface area (Å²) >= 11 is 5.32. The first kappa shape index (κ1) is 14.8. The summed E-state index contributed by atoms with van der Waals surface area (Å²) in [5.74, 6) is 0.354. The fraction of sp³-hybridized carbons (Fsp3) is 0.0667. The molecule has 2 aromatic carbocycles. The van der Waals surface area contributed by atoms with Crippen LogP contribution in [0, 0.1) is 3.57 Å². The first-order valence-corrected chi connectivity index (χ1v) is 9.12. The van der Waals surface area contributed by atoms with Crippen LogP contribution in [0.25, 0.3) is 10.2 Å². The molecule has 106 valence electrons. The minimum absolute atomic E-state index is 0.0127. The van der Waals surface area contributed by atoms with Crippen molar-refractivity contribution in [1.29, 1.82) is 0 Å². The van der Waals surface area contributed by atoms with Crippen molar-refractivity contribution in [1.82, 2.24) is 4.98 Å². The number of hydrogen-bond acceptors (Lipinski definition) is 4. The number of para-hydroxylation sites is 1. The maximum absolute atomic E-state index is 12.0. The molecule has 3 rings (SSSR count).